The zero-order valence-electron chi connectivity index (χ0n) is 14.9. The molecular weight excluding hydrogens is 377 g/mol. The molecule has 27 heavy (non-hydrogen) atoms. The lowest BCUT2D eigenvalue weighted by Crippen LogP contribution is -2.34. The molecule has 10 heteroatoms. The summed E-state index contributed by atoms with van der Waals surface area (Å²) in [5.41, 5.74) is 0.715. The Morgan fingerprint density at radius 1 is 1.44 bits per heavy atom. The lowest BCUT2D eigenvalue weighted by Gasteiger charge is -2.14. The molecule has 0 aliphatic carbocycles. The molecule has 1 atom stereocenters. The Labute approximate surface area is 158 Å². The Balaban J connectivity index is 1.78. The molecule has 0 radical (unpaired) electrons. The van der Waals surface area contributed by atoms with Crippen LogP contribution in [0.2, 0.25) is 5.02 Å². The van der Waals surface area contributed by atoms with E-state index in [1.54, 1.807) is 26.1 Å². The van der Waals surface area contributed by atoms with Crippen molar-refractivity contribution in [1.82, 2.24) is 24.5 Å². The maximum atomic E-state index is 13.6. The van der Waals surface area contributed by atoms with Gasteiger partial charge in [0, 0.05) is 11.8 Å². The number of rotatable bonds is 5. The largest absolute Gasteiger partial charge is 0.481 e. The molecule has 0 aliphatic rings. The van der Waals surface area contributed by atoms with Gasteiger partial charge in [0.05, 0.1) is 18.2 Å². The number of aromatic nitrogens is 4. The van der Waals surface area contributed by atoms with E-state index in [1.165, 1.54) is 23.6 Å². The Morgan fingerprint density at radius 3 is 2.85 bits per heavy atom. The average Bonchev–Trinajstić information content (AvgIpc) is 2.91. The number of nitrogens with one attached hydrogen (secondary N) is 1. The fourth-order valence-corrected chi connectivity index (χ4v) is 2.74. The van der Waals surface area contributed by atoms with Crippen LogP contribution in [0.1, 0.15) is 24.1 Å². The number of benzene rings is 1. The molecule has 1 N–H and O–H groups in total. The van der Waals surface area contributed by atoms with E-state index in [-0.39, 0.29) is 17.3 Å². The van der Waals surface area contributed by atoms with Crippen LogP contribution in [0.4, 0.5) is 4.39 Å². The van der Waals surface area contributed by atoms with Crippen molar-refractivity contribution in [1.29, 1.82) is 0 Å². The normalized spacial score (nSPS) is 12.2. The topological polar surface area (TPSA) is 90.5 Å². The van der Waals surface area contributed by atoms with Crippen LogP contribution in [-0.4, -0.2) is 32.2 Å². The van der Waals surface area contributed by atoms with Gasteiger partial charge in [-0.1, -0.05) is 17.7 Å². The zero-order valence-corrected chi connectivity index (χ0v) is 15.6. The highest BCUT2D eigenvalue weighted by atomic mass is 35.5. The molecule has 2 aromatic heterocycles. The quantitative estimate of drug-likeness (QED) is 0.714. The van der Waals surface area contributed by atoms with Crippen molar-refractivity contribution in [2.24, 2.45) is 0 Å². The predicted octanol–water partition coefficient (Wildman–Crippen LogP) is 1.88. The van der Waals surface area contributed by atoms with Crippen LogP contribution in [0.5, 0.6) is 5.88 Å². The van der Waals surface area contributed by atoms with E-state index in [2.05, 4.69) is 15.4 Å². The third kappa shape index (κ3) is 3.77. The second kappa shape index (κ2) is 7.36. The summed E-state index contributed by atoms with van der Waals surface area (Å²) >= 11 is 5.66. The molecule has 0 saturated heterocycles. The van der Waals surface area contributed by atoms with Gasteiger partial charge in [-0.3, -0.25) is 4.79 Å². The van der Waals surface area contributed by atoms with Crippen molar-refractivity contribution in [3.63, 3.8) is 0 Å². The summed E-state index contributed by atoms with van der Waals surface area (Å²) < 4.78 is 20.9. The lowest BCUT2D eigenvalue weighted by molar-refractivity contribution is -0.122. The number of amides is 1. The van der Waals surface area contributed by atoms with Gasteiger partial charge in [-0.2, -0.15) is 4.98 Å². The molecule has 3 rings (SSSR count). The van der Waals surface area contributed by atoms with Gasteiger partial charge < -0.3 is 10.1 Å². The number of carbonyl (C=O) groups excluding carboxylic acids is 1. The van der Waals surface area contributed by atoms with E-state index >= 15 is 0 Å². The van der Waals surface area contributed by atoms with Crippen molar-refractivity contribution < 1.29 is 13.9 Å². The molecule has 2 heterocycles. The lowest BCUT2D eigenvalue weighted by atomic mass is 10.1. The average molecular weight is 394 g/mol. The van der Waals surface area contributed by atoms with Crippen molar-refractivity contribution in [2.75, 3.05) is 7.11 Å². The number of fused-ring (bicyclic) bond motifs is 1. The highest BCUT2D eigenvalue weighted by Crippen LogP contribution is 2.20. The number of methoxy groups -OCH3 is 1. The molecule has 3 aromatic rings. The predicted molar refractivity (Wildman–Crippen MR) is 96.5 cm³/mol. The SMILES string of the molecule is COc1nc2nn(CC(=O)N[C@@H](C)c3ccc(Cl)c(F)c3)c(=O)n2cc1C. The second-order valence-corrected chi connectivity index (χ2v) is 6.41. The Hall–Kier alpha value is -2.94. The van der Waals surface area contributed by atoms with Gasteiger partial charge in [0.1, 0.15) is 12.4 Å². The molecule has 0 spiro atoms. The van der Waals surface area contributed by atoms with Crippen LogP contribution in [0.25, 0.3) is 5.78 Å². The van der Waals surface area contributed by atoms with E-state index in [0.29, 0.717) is 17.0 Å². The monoisotopic (exact) mass is 393 g/mol. The summed E-state index contributed by atoms with van der Waals surface area (Å²) in [5, 5.41) is 6.75. The van der Waals surface area contributed by atoms with Gasteiger partial charge in [0.2, 0.25) is 11.8 Å². The molecule has 0 saturated carbocycles. The van der Waals surface area contributed by atoms with Gasteiger partial charge in [0.25, 0.3) is 5.78 Å². The van der Waals surface area contributed by atoms with Gasteiger partial charge in [-0.05, 0) is 31.5 Å². The van der Waals surface area contributed by atoms with E-state index in [9.17, 15) is 14.0 Å². The van der Waals surface area contributed by atoms with Crippen LogP contribution < -0.4 is 15.7 Å². The first kappa shape index (κ1) is 18.8. The van der Waals surface area contributed by atoms with Crippen LogP contribution in [0.3, 0.4) is 0 Å². The Morgan fingerprint density at radius 2 is 2.19 bits per heavy atom. The summed E-state index contributed by atoms with van der Waals surface area (Å²) in [6, 6.07) is 3.82. The molecule has 0 bridgehead atoms. The first-order valence-corrected chi connectivity index (χ1v) is 8.43. The maximum absolute atomic E-state index is 13.6. The van der Waals surface area contributed by atoms with Crippen molar-refractivity contribution >= 4 is 23.3 Å². The summed E-state index contributed by atoms with van der Waals surface area (Å²) in [6.07, 6.45) is 1.55. The van der Waals surface area contributed by atoms with Gasteiger partial charge in [-0.15, -0.1) is 5.10 Å². The van der Waals surface area contributed by atoms with Crippen LogP contribution >= 0.6 is 11.6 Å². The Bertz CT molecular complexity index is 1080. The molecule has 0 aliphatic heterocycles. The smallest absolute Gasteiger partial charge is 0.352 e. The molecular formula is C17H17ClFN5O3. The fraction of sp³-hybridized carbons (Fsp3) is 0.294. The molecule has 0 unspecified atom stereocenters. The van der Waals surface area contributed by atoms with Gasteiger partial charge in [0.15, 0.2) is 0 Å². The zero-order chi connectivity index (χ0) is 19.7. The number of hydrogen-bond donors (Lipinski definition) is 1. The number of carbonyl (C=O) groups is 1. The van der Waals surface area contributed by atoms with Crippen molar-refractivity contribution in [3.8, 4) is 5.88 Å². The van der Waals surface area contributed by atoms with Gasteiger partial charge >= 0.3 is 5.69 Å². The molecule has 142 valence electrons. The van der Waals surface area contributed by atoms with Gasteiger partial charge in [-0.25, -0.2) is 18.3 Å². The Kier molecular flexibility index (Phi) is 5.13. The summed E-state index contributed by atoms with van der Waals surface area (Å²) in [5.74, 6) is -0.542. The van der Waals surface area contributed by atoms with Crippen LogP contribution in [-0.2, 0) is 11.3 Å². The number of halogens is 2. The van der Waals surface area contributed by atoms with E-state index < -0.39 is 23.5 Å². The standard InChI is InChI=1S/C17H17ClFN5O3/c1-9-7-23-16(21-15(9)27-3)22-24(17(23)26)8-14(25)20-10(2)11-4-5-12(18)13(19)6-11/h4-7,10H,8H2,1-3H3,(H,20,25)/t10-/m0/s1. The molecule has 1 aromatic carbocycles. The molecule has 8 nitrogen and oxygen atoms in total. The third-order valence-electron chi connectivity index (χ3n) is 4.02. The first-order valence-electron chi connectivity index (χ1n) is 8.05. The minimum absolute atomic E-state index is 0.00625. The molecule has 1 amide bonds. The number of ether oxygens (including phenoxy) is 1. The van der Waals surface area contributed by atoms with Crippen molar-refractivity contribution in [2.45, 2.75) is 26.4 Å². The number of nitrogens with zero attached hydrogens (tertiary/aromatic N) is 4. The number of hydrogen-bond acceptors (Lipinski definition) is 5. The van der Waals surface area contributed by atoms with E-state index in [0.717, 1.165) is 4.68 Å². The van der Waals surface area contributed by atoms with Crippen LogP contribution in [0.15, 0.2) is 29.2 Å². The number of aryl methyl sites for hydroxylation is 1. The second-order valence-electron chi connectivity index (χ2n) is 6.01. The fourth-order valence-electron chi connectivity index (χ4n) is 2.62. The van der Waals surface area contributed by atoms with Crippen molar-refractivity contribution in [3.05, 3.63) is 56.8 Å². The highest BCUT2D eigenvalue weighted by Gasteiger charge is 2.16. The molecule has 0 fully saturated rings. The maximum Gasteiger partial charge on any atom is 0.352 e. The van der Waals surface area contributed by atoms with E-state index in [4.69, 9.17) is 16.3 Å². The summed E-state index contributed by atoms with van der Waals surface area (Å²) in [4.78, 5) is 28.8. The minimum atomic E-state index is -0.567. The first-order chi connectivity index (χ1) is 12.8. The summed E-state index contributed by atoms with van der Waals surface area (Å²) in [7, 11) is 1.47. The minimum Gasteiger partial charge on any atom is -0.481 e. The highest BCUT2D eigenvalue weighted by molar-refractivity contribution is 6.30. The summed E-state index contributed by atoms with van der Waals surface area (Å²) in [6.45, 7) is 3.14. The van der Waals surface area contributed by atoms with Crippen LogP contribution in [0, 0.1) is 12.7 Å². The van der Waals surface area contributed by atoms with E-state index in [1.807, 2.05) is 0 Å². The third-order valence-corrected chi connectivity index (χ3v) is 4.33.